The minimum absolute atomic E-state index is 0.549. The SMILES string of the molecule is CCC(C)SCC(NN)C1CCC1. The first-order valence-electron chi connectivity index (χ1n) is 5.35. The first kappa shape index (κ1) is 11.3. The van der Waals surface area contributed by atoms with Crippen molar-refractivity contribution in [2.24, 2.45) is 11.8 Å². The Morgan fingerprint density at radius 3 is 2.62 bits per heavy atom. The molecule has 3 heteroatoms. The van der Waals surface area contributed by atoms with Crippen molar-refractivity contribution in [3.63, 3.8) is 0 Å². The highest BCUT2D eigenvalue weighted by Crippen LogP contribution is 2.31. The maximum absolute atomic E-state index is 5.55. The van der Waals surface area contributed by atoms with Gasteiger partial charge in [-0.25, -0.2) is 0 Å². The Morgan fingerprint density at radius 2 is 2.23 bits per heavy atom. The van der Waals surface area contributed by atoms with Gasteiger partial charge in [0.1, 0.15) is 0 Å². The average Bonchev–Trinajstić information content (AvgIpc) is 2.08. The van der Waals surface area contributed by atoms with Gasteiger partial charge in [-0.15, -0.1) is 0 Å². The van der Waals surface area contributed by atoms with Crippen molar-refractivity contribution < 1.29 is 0 Å². The third-order valence-corrected chi connectivity index (χ3v) is 4.52. The lowest BCUT2D eigenvalue weighted by Gasteiger charge is -2.33. The van der Waals surface area contributed by atoms with Gasteiger partial charge >= 0.3 is 0 Å². The van der Waals surface area contributed by atoms with E-state index >= 15 is 0 Å². The van der Waals surface area contributed by atoms with Crippen LogP contribution in [0, 0.1) is 5.92 Å². The van der Waals surface area contributed by atoms with Gasteiger partial charge in [-0.3, -0.25) is 11.3 Å². The lowest BCUT2D eigenvalue weighted by Crippen LogP contribution is -2.45. The molecule has 2 atom stereocenters. The van der Waals surface area contributed by atoms with Crippen LogP contribution in [0.15, 0.2) is 0 Å². The zero-order valence-electron chi connectivity index (χ0n) is 8.75. The topological polar surface area (TPSA) is 38.0 Å². The molecular formula is C10H22N2S. The second kappa shape index (κ2) is 5.89. The third kappa shape index (κ3) is 3.49. The smallest absolute Gasteiger partial charge is 0.0329 e. The Morgan fingerprint density at radius 1 is 1.54 bits per heavy atom. The van der Waals surface area contributed by atoms with Crippen LogP contribution in [0.5, 0.6) is 0 Å². The van der Waals surface area contributed by atoms with E-state index in [2.05, 4.69) is 19.3 Å². The molecule has 0 heterocycles. The van der Waals surface area contributed by atoms with Crippen molar-refractivity contribution in [3.05, 3.63) is 0 Å². The summed E-state index contributed by atoms with van der Waals surface area (Å²) in [5.41, 5.74) is 2.96. The number of hydrogen-bond acceptors (Lipinski definition) is 3. The van der Waals surface area contributed by atoms with Gasteiger partial charge in [0.05, 0.1) is 0 Å². The summed E-state index contributed by atoms with van der Waals surface area (Å²) < 4.78 is 0. The molecule has 1 fully saturated rings. The van der Waals surface area contributed by atoms with E-state index in [1.807, 2.05) is 11.8 Å². The van der Waals surface area contributed by atoms with E-state index in [-0.39, 0.29) is 0 Å². The van der Waals surface area contributed by atoms with Crippen molar-refractivity contribution in [1.29, 1.82) is 0 Å². The summed E-state index contributed by atoms with van der Waals surface area (Å²) in [5, 5.41) is 0.774. The zero-order chi connectivity index (χ0) is 9.68. The fourth-order valence-corrected chi connectivity index (χ4v) is 2.69. The van der Waals surface area contributed by atoms with Crippen molar-refractivity contribution in [1.82, 2.24) is 5.43 Å². The Balaban J connectivity index is 2.15. The van der Waals surface area contributed by atoms with Gasteiger partial charge in [-0.2, -0.15) is 11.8 Å². The molecule has 2 nitrogen and oxygen atoms in total. The molecule has 0 aromatic rings. The van der Waals surface area contributed by atoms with Crippen molar-refractivity contribution in [3.8, 4) is 0 Å². The fourth-order valence-electron chi connectivity index (χ4n) is 1.55. The van der Waals surface area contributed by atoms with Crippen molar-refractivity contribution >= 4 is 11.8 Å². The average molecular weight is 202 g/mol. The van der Waals surface area contributed by atoms with Crippen LogP contribution in [0.25, 0.3) is 0 Å². The first-order valence-corrected chi connectivity index (χ1v) is 6.40. The molecule has 0 radical (unpaired) electrons. The highest BCUT2D eigenvalue weighted by molar-refractivity contribution is 7.99. The van der Waals surface area contributed by atoms with Gasteiger partial charge in [0.25, 0.3) is 0 Å². The summed E-state index contributed by atoms with van der Waals surface area (Å²) in [5.74, 6) is 7.57. The van der Waals surface area contributed by atoms with Crippen molar-refractivity contribution in [2.75, 3.05) is 5.75 Å². The molecule has 0 spiro atoms. The monoisotopic (exact) mass is 202 g/mol. The number of hydrogen-bond donors (Lipinski definition) is 2. The van der Waals surface area contributed by atoms with E-state index < -0.39 is 0 Å². The molecule has 0 amide bonds. The maximum atomic E-state index is 5.55. The lowest BCUT2D eigenvalue weighted by molar-refractivity contribution is 0.245. The number of thioether (sulfide) groups is 1. The summed E-state index contributed by atoms with van der Waals surface area (Å²) in [6.45, 7) is 4.53. The van der Waals surface area contributed by atoms with Crippen LogP contribution in [-0.2, 0) is 0 Å². The lowest BCUT2D eigenvalue weighted by atomic mass is 9.80. The molecule has 1 aliphatic rings. The standard InChI is InChI=1S/C10H22N2S/c1-3-8(2)13-7-10(12-11)9-5-4-6-9/h8-10,12H,3-7,11H2,1-2H3. The molecule has 78 valence electrons. The molecule has 1 aliphatic carbocycles. The molecule has 0 aromatic carbocycles. The first-order chi connectivity index (χ1) is 6.27. The zero-order valence-corrected chi connectivity index (χ0v) is 9.57. The van der Waals surface area contributed by atoms with Gasteiger partial charge in [-0.05, 0) is 25.2 Å². The van der Waals surface area contributed by atoms with E-state index in [4.69, 9.17) is 5.84 Å². The highest BCUT2D eigenvalue weighted by Gasteiger charge is 2.26. The molecule has 3 N–H and O–H groups in total. The second-order valence-corrected chi connectivity index (χ2v) is 5.49. The molecular weight excluding hydrogens is 180 g/mol. The molecule has 13 heavy (non-hydrogen) atoms. The quantitative estimate of drug-likeness (QED) is 0.512. The van der Waals surface area contributed by atoms with Gasteiger partial charge in [-0.1, -0.05) is 20.3 Å². The van der Waals surface area contributed by atoms with Crippen LogP contribution in [0.1, 0.15) is 39.5 Å². The van der Waals surface area contributed by atoms with E-state index in [1.165, 1.54) is 31.4 Å². The molecule has 1 rings (SSSR count). The van der Waals surface area contributed by atoms with Crippen LogP contribution in [0.4, 0.5) is 0 Å². The second-order valence-electron chi connectivity index (χ2n) is 4.02. The number of nitrogens with one attached hydrogen (secondary N) is 1. The van der Waals surface area contributed by atoms with Gasteiger partial charge in [0.2, 0.25) is 0 Å². The largest absolute Gasteiger partial charge is 0.271 e. The normalized spacial score (nSPS) is 22.4. The summed E-state index contributed by atoms with van der Waals surface area (Å²) in [6.07, 6.45) is 5.40. The van der Waals surface area contributed by atoms with Crippen LogP contribution in [0.2, 0.25) is 0 Å². The highest BCUT2D eigenvalue weighted by atomic mass is 32.2. The predicted octanol–water partition coefficient (Wildman–Crippen LogP) is 2.15. The minimum Gasteiger partial charge on any atom is -0.271 e. The minimum atomic E-state index is 0.549. The Bertz CT molecular complexity index is 137. The van der Waals surface area contributed by atoms with E-state index in [0.717, 1.165) is 11.2 Å². The Labute approximate surface area is 86.0 Å². The summed E-state index contributed by atoms with van der Waals surface area (Å²) >= 11 is 2.04. The molecule has 0 aliphatic heterocycles. The number of nitrogens with two attached hydrogens (primary N) is 1. The molecule has 2 unspecified atom stereocenters. The van der Waals surface area contributed by atoms with Crippen LogP contribution < -0.4 is 11.3 Å². The molecule has 0 saturated heterocycles. The molecule has 1 saturated carbocycles. The molecule has 0 bridgehead atoms. The van der Waals surface area contributed by atoms with Gasteiger partial charge in [0.15, 0.2) is 0 Å². The van der Waals surface area contributed by atoms with Gasteiger partial charge in [0, 0.05) is 17.0 Å². The van der Waals surface area contributed by atoms with Crippen LogP contribution >= 0.6 is 11.8 Å². The summed E-state index contributed by atoms with van der Waals surface area (Å²) in [4.78, 5) is 0. The predicted molar refractivity (Wildman–Crippen MR) is 60.7 cm³/mol. The molecule has 0 aromatic heterocycles. The van der Waals surface area contributed by atoms with E-state index in [9.17, 15) is 0 Å². The van der Waals surface area contributed by atoms with Crippen molar-refractivity contribution in [2.45, 2.75) is 50.8 Å². The summed E-state index contributed by atoms with van der Waals surface area (Å²) in [7, 11) is 0. The van der Waals surface area contributed by atoms with E-state index in [1.54, 1.807) is 0 Å². The van der Waals surface area contributed by atoms with Gasteiger partial charge < -0.3 is 0 Å². The van der Waals surface area contributed by atoms with Crippen LogP contribution in [-0.4, -0.2) is 17.0 Å². The number of rotatable bonds is 6. The summed E-state index contributed by atoms with van der Waals surface area (Å²) in [6, 6.07) is 0.549. The third-order valence-electron chi connectivity index (χ3n) is 3.07. The van der Waals surface area contributed by atoms with Crippen LogP contribution in [0.3, 0.4) is 0 Å². The van der Waals surface area contributed by atoms with E-state index in [0.29, 0.717) is 6.04 Å². The maximum Gasteiger partial charge on any atom is 0.0329 e. The number of hydrazine groups is 1. The fraction of sp³-hybridized carbons (Fsp3) is 1.00. The Kier molecular flexibility index (Phi) is 5.14. The Hall–Kier alpha value is 0.270.